The Hall–Kier alpha value is -5.46. The second-order valence-electron chi connectivity index (χ2n) is 10.5. The minimum Gasteiger partial charge on any atom is -0.278 e. The molecule has 9 rings (SSSR count). The van der Waals surface area contributed by atoms with Gasteiger partial charge in [-0.3, -0.25) is 9.47 Å². The topological polar surface area (TPSA) is 46.8 Å². The van der Waals surface area contributed by atoms with Gasteiger partial charge in [-0.25, -0.2) is 0 Å². The molecule has 1 aliphatic rings. The zero-order valence-electron chi connectivity index (χ0n) is 22.9. The Kier molecular flexibility index (Phi) is 5.36. The fourth-order valence-corrected chi connectivity index (χ4v) is 7.21. The van der Waals surface area contributed by atoms with E-state index < -0.39 is 0 Å². The summed E-state index contributed by atoms with van der Waals surface area (Å²) in [5.74, 6) is 1.79. The second-order valence-corrected chi connectivity index (χ2v) is 11.6. The molecular weight excluding hydrogens is 547 g/mol. The quantitative estimate of drug-likeness (QED) is 0.212. The summed E-state index contributed by atoms with van der Waals surface area (Å²) < 4.78 is 2.17. The van der Waals surface area contributed by atoms with Gasteiger partial charge in [0.15, 0.2) is 5.82 Å². The molecule has 0 saturated carbocycles. The molecule has 5 nitrogen and oxygen atoms in total. The van der Waals surface area contributed by atoms with Crippen LogP contribution in [0.15, 0.2) is 149 Å². The van der Waals surface area contributed by atoms with Crippen molar-refractivity contribution >= 4 is 61.7 Å². The maximum atomic E-state index is 5.26. The standard InChI is InChI=1S/C37H23N5S/c1-2-14-25-24(12-1)13-11-17-28(25)35-38-36(41-29-18-5-3-15-26(29)27-16-4-6-19-30(27)41)40-37(39-35)42-31-20-7-9-22-33(31)43-34-23-10-8-21-32(34)42/h1-23H. The van der Waals surface area contributed by atoms with Gasteiger partial charge in [-0.05, 0) is 47.2 Å². The first-order valence-electron chi connectivity index (χ1n) is 14.2. The predicted octanol–water partition coefficient (Wildman–Crippen LogP) is 9.72. The zero-order chi connectivity index (χ0) is 28.3. The van der Waals surface area contributed by atoms with Crippen LogP contribution in [0, 0.1) is 0 Å². The molecule has 0 aliphatic carbocycles. The lowest BCUT2D eigenvalue weighted by Crippen LogP contribution is -2.19. The van der Waals surface area contributed by atoms with Gasteiger partial charge in [-0.1, -0.05) is 115 Å². The molecule has 3 heterocycles. The number of hydrogen-bond acceptors (Lipinski definition) is 5. The minimum absolute atomic E-state index is 0.579. The first-order chi connectivity index (χ1) is 21.3. The van der Waals surface area contributed by atoms with Crippen molar-refractivity contribution in [2.75, 3.05) is 4.90 Å². The van der Waals surface area contributed by atoms with Crippen molar-refractivity contribution in [3.05, 3.63) is 140 Å². The van der Waals surface area contributed by atoms with E-state index in [2.05, 4.69) is 149 Å². The van der Waals surface area contributed by atoms with Gasteiger partial charge in [-0.15, -0.1) is 0 Å². The summed E-state index contributed by atoms with van der Waals surface area (Å²) in [5.41, 5.74) is 5.18. The second kappa shape index (κ2) is 9.54. The highest BCUT2D eigenvalue weighted by atomic mass is 32.2. The molecule has 6 aromatic carbocycles. The van der Waals surface area contributed by atoms with E-state index in [0.717, 1.165) is 59.3 Å². The highest BCUT2D eigenvalue weighted by molar-refractivity contribution is 7.99. The maximum absolute atomic E-state index is 5.26. The minimum atomic E-state index is 0.579. The van der Waals surface area contributed by atoms with E-state index in [1.807, 2.05) is 0 Å². The number of benzene rings is 6. The molecule has 202 valence electrons. The Morgan fingerprint density at radius 3 is 1.67 bits per heavy atom. The third-order valence-electron chi connectivity index (χ3n) is 8.05. The van der Waals surface area contributed by atoms with Crippen LogP contribution < -0.4 is 4.90 Å². The van der Waals surface area contributed by atoms with Crippen LogP contribution >= 0.6 is 11.8 Å². The molecule has 43 heavy (non-hydrogen) atoms. The number of aromatic nitrogens is 4. The maximum Gasteiger partial charge on any atom is 0.240 e. The summed E-state index contributed by atoms with van der Waals surface area (Å²) in [5, 5.41) is 4.57. The lowest BCUT2D eigenvalue weighted by atomic mass is 10.0. The highest BCUT2D eigenvalue weighted by Crippen LogP contribution is 2.50. The molecule has 0 atom stereocenters. The molecule has 8 aromatic rings. The fourth-order valence-electron chi connectivity index (χ4n) is 6.15. The van der Waals surface area contributed by atoms with Gasteiger partial charge >= 0.3 is 0 Å². The van der Waals surface area contributed by atoms with E-state index in [4.69, 9.17) is 15.0 Å². The lowest BCUT2D eigenvalue weighted by molar-refractivity contribution is 0.927. The van der Waals surface area contributed by atoms with Crippen LogP contribution in [0.25, 0.3) is 49.9 Å². The van der Waals surface area contributed by atoms with Gasteiger partial charge in [0.1, 0.15) is 0 Å². The van der Waals surface area contributed by atoms with E-state index in [9.17, 15) is 0 Å². The van der Waals surface area contributed by atoms with Crippen LogP contribution in [-0.4, -0.2) is 19.5 Å². The van der Waals surface area contributed by atoms with Crippen molar-refractivity contribution in [1.29, 1.82) is 0 Å². The number of fused-ring (bicyclic) bond motifs is 6. The Labute approximate surface area is 252 Å². The van der Waals surface area contributed by atoms with E-state index in [-0.39, 0.29) is 0 Å². The SMILES string of the molecule is c1ccc2c(c1)Sc1ccccc1N2c1nc(-c2cccc3ccccc23)nc(-n2c3ccccc3c3ccccc32)n1. The Bertz CT molecular complexity index is 2250. The van der Waals surface area contributed by atoms with E-state index >= 15 is 0 Å². The van der Waals surface area contributed by atoms with Gasteiger partial charge in [0.25, 0.3) is 0 Å². The predicted molar refractivity (Wildman–Crippen MR) is 176 cm³/mol. The van der Waals surface area contributed by atoms with Gasteiger partial charge in [0.2, 0.25) is 11.9 Å². The lowest BCUT2D eigenvalue weighted by Gasteiger charge is -2.31. The van der Waals surface area contributed by atoms with Crippen molar-refractivity contribution in [2.45, 2.75) is 9.79 Å². The molecule has 1 aliphatic heterocycles. The largest absolute Gasteiger partial charge is 0.278 e. The summed E-state index contributed by atoms with van der Waals surface area (Å²) >= 11 is 1.77. The Morgan fingerprint density at radius 2 is 0.977 bits per heavy atom. The summed E-state index contributed by atoms with van der Waals surface area (Å²) in [6, 6.07) is 48.5. The first-order valence-corrected chi connectivity index (χ1v) is 15.0. The number of nitrogens with zero attached hydrogens (tertiary/aromatic N) is 5. The van der Waals surface area contributed by atoms with Crippen LogP contribution in [0.4, 0.5) is 17.3 Å². The van der Waals surface area contributed by atoms with Crippen molar-refractivity contribution in [1.82, 2.24) is 19.5 Å². The summed E-state index contributed by atoms with van der Waals surface area (Å²) in [4.78, 5) is 20.2. The molecule has 0 unspecified atom stereocenters. The monoisotopic (exact) mass is 569 g/mol. The molecule has 0 spiro atoms. The number of rotatable bonds is 3. The number of hydrogen-bond donors (Lipinski definition) is 0. The average Bonchev–Trinajstić information content (AvgIpc) is 3.41. The van der Waals surface area contributed by atoms with E-state index in [1.54, 1.807) is 11.8 Å². The van der Waals surface area contributed by atoms with Gasteiger partial charge in [0.05, 0.1) is 22.4 Å². The van der Waals surface area contributed by atoms with Crippen molar-refractivity contribution in [3.63, 3.8) is 0 Å². The van der Waals surface area contributed by atoms with Crippen LogP contribution in [0.5, 0.6) is 0 Å². The number of anilines is 3. The van der Waals surface area contributed by atoms with Crippen molar-refractivity contribution in [2.24, 2.45) is 0 Å². The molecule has 0 fully saturated rings. The summed E-state index contributed by atoms with van der Waals surface area (Å²) in [7, 11) is 0. The molecule has 0 radical (unpaired) electrons. The van der Waals surface area contributed by atoms with Crippen LogP contribution in [0.3, 0.4) is 0 Å². The molecule has 2 aromatic heterocycles. The van der Waals surface area contributed by atoms with Crippen LogP contribution in [0.1, 0.15) is 0 Å². The third kappa shape index (κ3) is 3.77. The normalized spacial score (nSPS) is 12.5. The molecule has 0 bridgehead atoms. The Balaban J connectivity index is 1.39. The molecule has 0 amide bonds. The molecular formula is C37H23N5S. The summed E-state index contributed by atoms with van der Waals surface area (Å²) in [6.07, 6.45) is 0. The average molecular weight is 570 g/mol. The fraction of sp³-hybridized carbons (Fsp3) is 0. The van der Waals surface area contributed by atoms with Crippen LogP contribution in [-0.2, 0) is 0 Å². The number of para-hydroxylation sites is 4. The molecule has 0 saturated heterocycles. The van der Waals surface area contributed by atoms with E-state index in [1.165, 1.54) is 0 Å². The van der Waals surface area contributed by atoms with Crippen molar-refractivity contribution in [3.8, 4) is 17.3 Å². The van der Waals surface area contributed by atoms with Crippen molar-refractivity contribution < 1.29 is 0 Å². The Morgan fingerprint density at radius 1 is 0.442 bits per heavy atom. The van der Waals surface area contributed by atoms with Gasteiger partial charge < -0.3 is 0 Å². The highest BCUT2D eigenvalue weighted by Gasteiger charge is 2.28. The molecule has 0 N–H and O–H groups in total. The summed E-state index contributed by atoms with van der Waals surface area (Å²) in [6.45, 7) is 0. The van der Waals surface area contributed by atoms with Gasteiger partial charge in [0, 0.05) is 26.1 Å². The van der Waals surface area contributed by atoms with Gasteiger partial charge in [-0.2, -0.15) is 15.0 Å². The molecule has 6 heteroatoms. The third-order valence-corrected chi connectivity index (χ3v) is 9.18. The smallest absolute Gasteiger partial charge is 0.240 e. The van der Waals surface area contributed by atoms with E-state index in [0.29, 0.717) is 17.7 Å². The zero-order valence-corrected chi connectivity index (χ0v) is 23.7. The van der Waals surface area contributed by atoms with Crippen LogP contribution in [0.2, 0.25) is 0 Å². The first kappa shape index (κ1) is 24.2.